The summed E-state index contributed by atoms with van der Waals surface area (Å²) in [7, 11) is 0. The van der Waals surface area contributed by atoms with Crippen molar-refractivity contribution in [1.82, 2.24) is 14.8 Å². The van der Waals surface area contributed by atoms with Gasteiger partial charge in [-0.25, -0.2) is 0 Å². The largest absolute Gasteiger partial charge is 0.352 e. The molecule has 1 N–H and O–H groups in total. The third kappa shape index (κ3) is 3.98. The van der Waals surface area contributed by atoms with E-state index >= 15 is 0 Å². The number of pyridine rings is 1. The topological polar surface area (TPSA) is 54.3 Å². The second-order valence-corrected chi connectivity index (χ2v) is 8.91. The van der Waals surface area contributed by atoms with Gasteiger partial charge < -0.3 is 14.8 Å². The van der Waals surface area contributed by atoms with E-state index in [1.165, 1.54) is 58.0 Å². The lowest BCUT2D eigenvalue weighted by atomic mass is 9.83. The van der Waals surface area contributed by atoms with E-state index in [4.69, 9.17) is 0 Å². The molecular formula is C22H33N3O2. The summed E-state index contributed by atoms with van der Waals surface area (Å²) >= 11 is 0. The number of fused-ring (bicyclic) bond motifs is 1. The van der Waals surface area contributed by atoms with E-state index in [0.29, 0.717) is 30.0 Å². The smallest absolute Gasteiger partial charge is 0.263 e. The predicted molar refractivity (Wildman–Crippen MR) is 107 cm³/mol. The molecule has 0 spiro atoms. The molecule has 1 amide bonds. The van der Waals surface area contributed by atoms with Crippen molar-refractivity contribution in [3.05, 3.63) is 33.2 Å². The summed E-state index contributed by atoms with van der Waals surface area (Å²) in [6, 6.07) is 2.60. The van der Waals surface area contributed by atoms with Gasteiger partial charge in [-0.15, -0.1) is 0 Å². The van der Waals surface area contributed by atoms with Crippen molar-refractivity contribution in [3.8, 4) is 0 Å². The number of nitrogens with one attached hydrogen (secondary N) is 1. The molecule has 2 unspecified atom stereocenters. The number of amides is 1. The van der Waals surface area contributed by atoms with E-state index in [0.717, 1.165) is 17.8 Å². The molecule has 1 aromatic heterocycles. The number of rotatable bonds is 5. The number of aryl methyl sites for hydroxylation is 2. The van der Waals surface area contributed by atoms with E-state index in [1.807, 2.05) is 24.5 Å². The molecule has 3 heterocycles. The van der Waals surface area contributed by atoms with Crippen LogP contribution in [-0.4, -0.2) is 41.1 Å². The van der Waals surface area contributed by atoms with Crippen LogP contribution >= 0.6 is 0 Å². The summed E-state index contributed by atoms with van der Waals surface area (Å²) in [5.74, 6) is 0.942. The highest BCUT2D eigenvalue weighted by Gasteiger charge is 2.33. The van der Waals surface area contributed by atoms with Crippen molar-refractivity contribution in [2.75, 3.05) is 19.6 Å². The Balaban J connectivity index is 1.47. The molecule has 2 aliphatic heterocycles. The number of aromatic nitrogens is 1. The first-order valence-corrected chi connectivity index (χ1v) is 10.8. The van der Waals surface area contributed by atoms with Crippen LogP contribution in [0.4, 0.5) is 0 Å². The van der Waals surface area contributed by atoms with Crippen molar-refractivity contribution in [1.29, 1.82) is 0 Å². The fraction of sp³-hybridized carbons (Fsp3) is 0.727. The van der Waals surface area contributed by atoms with E-state index < -0.39 is 0 Å². The third-order valence-electron chi connectivity index (χ3n) is 6.82. The van der Waals surface area contributed by atoms with Crippen LogP contribution in [0.1, 0.15) is 66.6 Å². The molecule has 3 aliphatic rings. The van der Waals surface area contributed by atoms with Gasteiger partial charge >= 0.3 is 0 Å². The molecule has 1 saturated carbocycles. The summed E-state index contributed by atoms with van der Waals surface area (Å²) < 4.78 is 1.81. The van der Waals surface area contributed by atoms with Crippen molar-refractivity contribution in [2.24, 2.45) is 11.8 Å². The zero-order valence-electron chi connectivity index (χ0n) is 16.8. The molecule has 2 saturated heterocycles. The molecule has 1 aliphatic carbocycles. The highest BCUT2D eigenvalue weighted by molar-refractivity contribution is 5.95. The zero-order valence-corrected chi connectivity index (χ0v) is 16.8. The molecule has 5 heteroatoms. The number of piperidine rings is 2. The van der Waals surface area contributed by atoms with Crippen LogP contribution in [0.2, 0.25) is 0 Å². The first kappa shape index (κ1) is 18.7. The van der Waals surface area contributed by atoms with Crippen LogP contribution in [0.3, 0.4) is 0 Å². The van der Waals surface area contributed by atoms with Gasteiger partial charge in [0.05, 0.1) is 0 Å². The minimum atomic E-state index is -0.185. The van der Waals surface area contributed by atoms with Crippen LogP contribution in [0.15, 0.2) is 10.9 Å². The Bertz CT molecular complexity index is 764. The van der Waals surface area contributed by atoms with Crippen molar-refractivity contribution >= 4 is 5.91 Å². The van der Waals surface area contributed by atoms with Gasteiger partial charge in [0.2, 0.25) is 0 Å². The third-order valence-corrected chi connectivity index (χ3v) is 6.82. The average Bonchev–Trinajstić information content (AvgIpc) is 3.47. The molecule has 148 valence electrons. The van der Waals surface area contributed by atoms with Crippen molar-refractivity contribution in [3.63, 3.8) is 0 Å². The monoisotopic (exact) mass is 371 g/mol. The standard InChI is InChI=1S/C22H33N3O2/c1-15-12-16(2)25(14-17-8-9-17)22(27)20(15)21(26)23-13-18-6-5-11-24-10-4-3-7-19(18)24/h12,17-19H,3-11,13-14H2,1-2H3,(H,23,26). The first-order valence-electron chi connectivity index (χ1n) is 10.8. The van der Waals surface area contributed by atoms with Crippen LogP contribution in [0, 0.1) is 25.7 Å². The van der Waals surface area contributed by atoms with Crippen molar-refractivity contribution < 1.29 is 4.79 Å². The van der Waals surface area contributed by atoms with Gasteiger partial charge in [0.1, 0.15) is 5.56 Å². The van der Waals surface area contributed by atoms with Gasteiger partial charge in [-0.3, -0.25) is 9.59 Å². The van der Waals surface area contributed by atoms with E-state index in [2.05, 4.69) is 10.2 Å². The van der Waals surface area contributed by atoms with E-state index in [-0.39, 0.29) is 11.5 Å². The molecule has 3 fully saturated rings. The van der Waals surface area contributed by atoms with Gasteiger partial charge in [-0.2, -0.15) is 0 Å². The quantitative estimate of drug-likeness (QED) is 0.866. The lowest BCUT2D eigenvalue weighted by Crippen LogP contribution is -2.51. The van der Waals surface area contributed by atoms with Gasteiger partial charge in [-0.1, -0.05) is 6.42 Å². The van der Waals surface area contributed by atoms with Gasteiger partial charge in [-0.05, 0) is 88.9 Å². The minimum absolute atomic E-state index is 0.111. The molecule has 0 radical (unpaired) electrons. The molecule has 0 aromatic carbocycles. The van der Waals surface area contributed by atoms with E-state index in [1.54, 1.807) is 0 Å². The molecule has 4 rings (SSSR count). The average molecular weight is 372 g/mol. The Hall–Kier alpha value is -1.62. The summed E-state index contributed by atoms with van der Waals surface area (Å²) in [6.07, 6.45) is 8.64. The Morgan fingerprint density at radius 1 is 1.11 bits per heavy atom. The summed E-state index contributed by atoms with van der Waals surface area (Å²) in [5.41, 5.74) is 1.99. The number of hydrogen-bond donors (Lipinski definition) is 1. The summed E-state index contributed by atoms with van der Waals surface area (Å²) in [4.78, 5) is 28.5. The van der Waals surface area contributed by atoms with Gasteiger partial charge in [0.15, 0.2) is 0 Å². The SMILES string of the molecule is Cc1cc(C)n(CC2CC2)c(=O)c1C(=O)NCC1CCCN2CCCCC12. The Labute approximate surface area is 162 Å². The number of hydrogen-bond acceptors (Lipinski definition) is 3. The zero-order chi connectivity index (χ0) is 19.0. The molecule has 0 bridgehead atoms. The molecule has 1 aromatic rings. The van der Waals surface area contributed by atoms with Crippen LogP contribution in [0.5, 0.6) is 0 Å². The Morgan fingerprint density at radius 2 is 1.89 bits per heavy atom. The lowest BCUT2D eigenvalue weighted by Gasteiger charge is -2.44. The van der Waals surface area contributed by atoms with Crippen LogP contribution in [0.25, 0.3) is 0 Å². The second kappa shape index (κ2) is 7.78. The van der Waals surface area contributed by atoms with Crippen LogP contribution < -0.4 is 10.9 Å². The molecule has 5 nitrogen and oxygen atoms in total. The first-order chi connectivity index (χ1) is 13.0. The highest BCUT2D eigenvalue weighted by Crippen LogP contribution is 2.31. The maximum absolute atomic E-state index is 13.0. The maximum atomic E-state index is 13.0. The second-order valence-electron chi connectivity index (χ2n) is 8.91. The number of nitrogens with zero attached hydrogens (tertiary/aromatic N) is 2. The van der Waals surface area contributed by atoms with E-state index in [9.17, 15) is 9.59 Å². The normalized spacial score (nSPS) is 25.9. The summed E-state index contributed by atoms with van der Waals surface area (Å²) in [6.45, 7) is 7.71. The van der Waals surface area contributed by atoms with Crippen LogP contribution in [-0.2, 0) is 6.54 Å². The fourth-order valence-electron chi connectivity index (χ4n) is 5.12. The maximum Gasteiger partial charge on any atom is 0.263 e. The fourth-order valence-corrected chi connectivity index (χ4v) is 5.12. The number of carbonyl (C=O) groups excluding carboxylic acids is 1. The highest BCUT2D eigenvalue weighted by atomic mass is 16.2. The molecule has 2 atom stereocenters. The number of carbonyl (C=O) groups is 1. The van der Waals surface area contributed by atoms with Gasteiger partial charge in [0.25, 0.3) is 11.5 Å². The predicted octanol–water partition coefficient (Wildman–Crippen LogP) is 2.87. The Kier molecular flexibility index (Phi) is 5.40. The molecular weight excluding hydrogens is 338 g/mol. The van der Waals surface area contributed by atoms with Gasteiger partial charge in [0, 0.05) is 24.8 Å². The molecule has 27 heavy (non-hydrogen) atoms. The Morgan fingerprint density at radius 3 is 2.67 bits per heavy atom. The van der Waals surface area contributed by atoms with Crippen molar-refractivity contribution in [2.45, 2.75) is 71.4 Å². The minimum Gasteiger partial charge on any atom is -0.352 e. The lowest BCUT2D eigenvalue weighted by molar-refractivity contribution is 0.0575. The summed E-state index contributed by atoms with van der Waals surface area (Å²) in [5, 5.41) is 3.12.